The minimum absolute atomic E-state index is 0.0273. The van der Waals surface area contributed by atoms with Crippen LogP contribution in [0.4, 0.5) is 27.8 Å². The number of nitrogens with zero attached hydrogens (tertiary/aromatic N) is 5. The molecule has 0 radical (unpaired) electrons. The predicted octanol–water partition coefficient (Wildman–Crippen LogP) is 1.17. The second-order valence-corrected chi connectivity index (χ2v) is 12.5. The van der Waals surface area contributed by atoms with Crippen molar-refractivity contribution >= 4 is 49.3 Å². The first-order valence-electron chi connectivity index (χ1n) is 10.7. The molecule has 4 rings (SSSR count). The standard InChI is InChI=1S/C12H18N4O4S.C8H11N3O2S/c1-12(2,3)20-11(17)16-7-6-15(21(16,18)19)9-4-5-14-10(13)8-9;9-8-6-7(2-3-10-8)11-4-1-5-14(11,12)13/h4-5,8H,6-7H2,1-3H3,(H2,13,14);2-3,6H,1,4-5H2,(H2,9,10). The molecule has 35 heavy (non-hydrogen) atoms. The number of rotatable bonds is 2. The first-order chi connectivity index (χ1) is 16.2. The van der Waals surface area contributed by atoms with E-state index < -0.39 is 31.9 Å². The molecule has 13 nitrogen and oxygen atoms in total. The van der Waals surface area contributed by atoms with Gasteiger partial charge >= 0.3 is 16.3 Å². The lowest BCUT2D eigenvalue weighted by Gasteiger charge is -2.24. The Hall–Kier alpha value is -3.33. The molecule has 2 aliphatic heterocycles. The lowest BCUT2D eigenvalue weighted by Crippen LogP contribution is -2.40. The molecule has 4 N–H and O–H groups in total. The molecule has 0 bridgehead atoms. The highest BCUT2D eigenvalue weighted by Gasteiger charge is 2.42. The van der Waals surface area contributed by atoms with Crippen LogP contribution in [0.25, 0.3) is 0 Å². The number of sulfonamides is 1. The Morgan fingerprint density at radius 3 is 1.91 bits per heavy atom. The van der Waals surface area contributed by atoms with Gasteiger partial charge in [-0.15, -0.1) is 0 Å². The van der Waals surface area contributed by atoms with Crippen molar-refractivity contribution in [1.29, 1.82) is 0 Å². The number of hydrogen-bond donors (Lipinski definition) is 2. The van der Waals surface area contributed by atoms with Gasteiger partial charge < -0.3 is 16.2 Å². The quantitative estimate of drug-likeness (QED) is 0.575. The maximum Gasteiger partial charge on any atom is 0.425 e. The van der Waals surface area contributed by atoms with Crippen LogP contribution in [-0.4, -0.2) is 68.2 Å². The maximum atomic E-state index is 12.4. The van der Waals surface area contributed by atoms with E-state index in [1.807, 2.05) is 0 Å². The zero-order chi connectivity index (χ0) is 26.0. The summed E-state index contributed by atoms with van der Waals surface area (Å²) < 4.78 is 56.2. The molecule has 0 aromatic carbocycles. The van der Waals surface area contributed by atoms with Crippen LogP contribution in [0.5, 0.6) is 0 Å². The van der Waals surface area contributed by atoms with E-state index in [1.165, 1.54) is 28.8 Å². The van der Waals surface area contributed by atoms with E-state index in [-0.39, 0.29) is 24.7 Å². The average Bonchev–Trinajstić information content (AvgIpc) is 3.24. The highest BCUT2D eigenvalue weighted by Crippen LogP contribution is 2.27. The molecule has 2 saturated heterocycles. The minimum atomic E-state index is -3.96. The Labute approximate surface area is 204 Å². The average molecular weight is 528 g/mol. The highest BCUT2D eigenvalue weighted by molar-refractivity contribution is 7.93. The van der Waals surface area contributed by atoms with Crippen LogP contribution < -0.4 is 20.1 Å². The molecule has 0 saturated carbocycles. The Morgan fingerprint density at radius 2 is 1.46 bits per heavy atom. The van der Waals surface area contributed by atoms with Crippen molar-refractivity contribution < 1.29 is 26.4 Å². The number of ether oxygens (including phenoxy) is 1. The number of anilines is 4. The van der Waals surface area contributed by atoms with Crippen molar-refractivity contribution in [2.24, 2.45) is 0 Å². The summed E-state index contributed by atoms with van der Waals surface area (Å²) in [5, 5.41) is 0. The third kappa shape index (κ3) is 6.22. The van der Waals surface area contributed by atoms with Crippen LogP contribution in [-0.2, 0) is 25.0 Å². The summed E-state index contributed by atoms with van der Waals surface area (Å²) in [6.07, 6.45) is 2.71. The van der Waals surface area contributed by atoms with E-state index in [1.54, 1.807) is 32.9 Å². The molecule has 0 unspecified atom stereocenters. The van der Waals surface area contributed by atoms with E-state index in [4.69, 9.17) is 16.2 Å². The highest BCUT2D eigenvalue weighted by atomic mass is 32.2. The number of carbonyl (C=O) groups is 1. The summed E-state index contributed by atoms with van der Waals surface area (Å²) >= 11 is 0. The summed E-state index contributed by atoms with van der Waals surface area (Å²) in [4.78, 5) is 19.6. The Kier molecular flexibility index (Phi) is 7.31. The molecule has 4 heterocycles. The SMILES string of the molecule is CC(C)(C)OC(=O)N1CCN(c2ccnc(N)c2)S1(=O)=O.Nc1cc(N2CCCS2(=O)=O)ccn1. The van der Waals surface area contributed by atoms with E-state index >= 15 is 0 Å². The summed E-state index contributed by atoms with van der Waals surface area (Å²) in [6, 6.07) is 6.19. The molecule has 15 heteroatoms. The van der Waals surface area contributed by atoms with Crippen LogP contribution in [0, 0.1) is 0 Å². The molecule has 0 atom stereocenters. The number of amides is 1. The third-order valence-corrected chi connectivity index (χ3v) is 8.57. The fourth-order valence-electron chi connectivity index (χ4n) is 3.40. The molecule has 0 aliphatic carbocycles. The molecule has 2 aromatic rings. The van der Waals surface area contributed by atoms with E-state index in [0.29, 0.717) is 30.2 Å². The first-order valence-corrected chi connectivity index (χ1v) is 13.7. The number of hydrogen-bond acceptors (Lipinski definition) is 10. The number of pyridine rings is 2. The Morgan fingerprint density at radius 1 is 0.914 bits per heavy atom. The fraction of sp³-hybridized carbons (Fsp3) is 0.450. The van der Waals surface area contributed by atoms with Gasteiger partial charge in [0.05, 0.1) is 30.2 Å². The van der Waals surface area contributed by atoms with Crippen molar-refractivity contribution in [2.45, 2.75) is 32.8 Å². The summed E-state index contributed by atoms with van der Waals surface area (Å²) in [6.45, 7) is 5.73. The normalized spacial score (nSPS) is 18.7. The van der Waals surface area contributed by atoms with Gasteiger partial charge in [0, 0.05) is 31.1 Å². The summed E-state index contributed by atoms with van der Waals surface area (Å²) in [5.41, 5.74) is 11.2. The minimum Gasteiger partial charge on any atom is -0.443 e. The van der Waals surface area contributed by atoms with Gasteiger partial charge in [-0.2, -0.15) is 12.7 Å². The van der Waals surface area contributed by atoms with Gasteiger partial charge in [-0.25, -0.2) is 23.2 Å². The molecule has 192 valence electrons. The topological polar surface area (TPSA) is 182 Å². The third-order valence-electron chi connectivity index (χ3n) is 4.86. The monoisotopic (exact) mass is 527 g/mol. The number of nitrogens with two attached hydrogens (primary N) is 2. The fourth-order valence-corrected chi connectivity index (χ4v) is 6.43. The lowest BCUT2D eigenvalue weighted by atomic mass is 10.2. The van der Waals surface area contributed by atoms with Crippen LogP contribution in [0.1, 0.15) is 27.2 Å². The summed E-state index contributed by atoms with van der Waals surface area (Å²) in [7, 11) is -7.07. The molecule has 2 fully saturated rings. The van der Waals surface area contributed by atoms with Crippen LogP contribution >= 0.6 is 0 Å². The van der Waals surface area contributed by atoms with Crippen LogP contribution in [0.15, 0.2) is 36.7 Å². The maximum absolute atomic E-state index is 12.4. The largest absolute Gasteiger partial charge is 0.443 e. The molecule has 0 spiro atoms. The van der Waals surface area contributed by atoms with Crippen molar-refractivity contribution in [1.82, 2.24) is 14.3 Å². The van der Waals surface area contributed by atoms with Gasteiger partial charge in [0.15, 0.2) is 0 Å². The first kappa shape index (κ1) is 26.3. The van der Waals surface area contributed by atoms with Gasteiger partial charge in [0.2, 0.25) is 10.0 Å². The molecular weight excluding hydrogens is 498 g/mol. The van der Waals surface area contributed by atoms with E-state index in [0.717, 1.165) is 8.61 Å². The van der Waals surface area contributed by atoms with Gasteiger partial charge in [-0.05, 0) is 39.3 Å². The Bertz CT molecular complexity index is 1300. The molecule has 2 aliphatic rings. The number of carbonyl (C=O) groups excluding carboxylic acids is 1. The number of aromatic nitrogens is 2. The predicted molar refractivity (Wildman–Crippen MR) is 132 cm³/mol. The van der Waals surface area contributed by atoms with Crippen LogP contribution in [0.2, 0.25) is 0 Å². The van der Waals surface area contributed by atoms with E-state index in [2.05, 4.69) is 9.97 Å². The van der Waals surface area contributed by atoms with Crippen molar-refractivity contribution in [3.05, 3.63) is 36.7 Å². The molecular formula is C20H29N7O6S2. The smallest absolute Gasteiger partial charge is 0.425 e. The zero-order valence-corrected chi connectivity index (χ0v) is 21.3. The van der Waals surface area contributed by atoms with E-state index in [9.17, 15) is 21.6 Å². The van der Waals surface area contributed by atoms with Crippen molar-refractivity contribution in [3.8, 4) is 0 Å². The molecule has 1 amide bonds. The zero-order valence-electron chi connectivity index (χ0n) is 19.7. The van der Waals surface area contributed by atoms with Crippen LogP contribution in [0.3, 0.4) is 0 Å². The second kappa shape index (κ2) is 9.73. The second-order valence-electron chi connectivity index (χ2n) is 8.75. The lowest BCUT2D eigenvalue weighted by molar-refractivity contribution is 0.0405. The number of nitrogen functional groups attached to an aromatic ring is 2. The molecule has 2 aromatic heterocycles. The Balaban J connectivity index is 0.000000211. The van der Waals surface area contributed by atoms with Gasteiger partial charge in [0.1, 0.15) is 17.2 Å². The van der Waals surface area contributed by atoms with Gasteiger partial charge in [0.25, 0.3) is 0 Å². The van der Waals surface area contributed by atoms with Crippen molar-refractivity contribution in [2.75, 3.05) is 45.5 Å². The van der Waals surface area contributed by atoms with Crippen molar-refractivity contribution in [3.63, 3.8) is 0 Å². The summed E-state index contributed by atoms with van der Waals surface area (Å²) in [5.74, 6) is 0.762. The van der Waals surface area contributed by atoms with Gasteiger partial charge in [-0.3, -0.25) is 8.61 Å². The van der Waals surface area contributed by atoms with Gasteiger partial charge in [-0.1, -0.05) is 0 Å².